The summed E-state index contributed by atoms with van der Waals surface area (Å²) in [4.78, 5) is 13.4. The summed E-state index contributed by atoms with van der Waals surface area (Å²) < 4.78 is 11.5. The van der Waals surface area contributed by atoms with Gasteiger partial charge >= 0.3 is 0 Å². The number of anilines is 1. The highest BCUT2D eigenvalue weighted by Crippen LogP contribution is 2.31. The molecule has 0 aromatic heterocycles. The first kappa shape index (κ1) is 17.7. The number of nitrogens with one attached hydrogen (secondary N) is 1. The van der Waals surface area contributed by atoms with Crippen molar-refractivity contribution in [1.29, 1.82) is 0 Å². The van der Waals surface area contributed by atoms with Crippen LogP contribution in [0.3, 0.4) is 0 Å². The molecule has 0 saturated carbocycles. The summed E-state index contributed by atoms with van der Waals surface area (Å²) >= 11 is 4.90. The van der Waals surface area contributed by atoms with E-state index in [0.29, 0.717) is 17.2 Å². The fraction of sp³-hybridized carbons (Fsp3) is 0.235. The molecule has 122 valence electrons. The standard InChI is InChI=1S/C17H18BrNO3S/c1-11(23-14-7-4-12(18)5-8-14)17(20)19-15-10-13(21-2)6-9-16(15)22-3/h4-11H,1-3H3,(H,19,20). The molecule has 23 heavy (non-hydrogen) atoms. The molecular formula is C17H18BrNO3S. The molecule has 1 amide bonds. The highest BCUT2D eigenvalue weighted by molar-refractivity contribution is 9.10. The summed E-state index contributed by atoms with van der Waals surface area (Å²) in [5.41, 5.74) is 0.597. The molecule has 0 aliphatic rings. The number of carbonyl (C=O) groups excluding carboxylic acids is 1. The van der Waals surface area contributed by atoms with Gasteiger partial charge in [0.25, 0.3) is 0 Å². The van der Waals surface area contributed by atoms with Gasteiger partial charge in [0.15, 0.2) is 0 Å². The Morgan fingerprint density at radius 3 is 2.43 bits per heavy atom. The molecule has 1 unspecified atom stereocenters. The van der Waals surface area contributed by atoms with Gasteiger partial charge in [0.2, 0.25) is 5.91 Å². The summed E-state index contributed by atoms with van der Waals surface area (Å²) in [6.07, 6.45) is 0. The van der Waals surface area contributed by atoms with Gasteiger partial charge in [-0.15, -0.1) is 11.8 Å². The average Bonchev–Trinajstić information content (AvgIpc) is 2.56. The topological polar surface area (TPSA) is 47.6 Å². The van der Waals surface area contributed by atoms with Gasteiger partial charge in [0.1, 0.15) is 11.5 Å². The van der Waals surface area contributed by atoms with E-state index in [1.807, 2.05) is 31.2 Å². The molecule has 0 aliphatic carbocycles. The monoisotopic (exact) mass is 395 g/mol. The van der Waals surface area contributed by atoms with Gasteiger partial charge in [-0.1, -0.05) is 15.9 Å². The van der Waals surface area contributed by atoms with Crippen LogP contribution in [-0.4, -0.2) is 25.4 Å². The Morgan fingerprint density at radius 2 is 1.83 bits per heavy atom. The third-order valence-corrected chi connectivity index (χ3v) is 4.80. The molecule has 0 bridgehead atoms. The zero-order valence-corrected chi connectivity index (χ0v) is 15.5. The van der Waals surface area contributed by atoms with Gasteiger partial charge in [0, 0.05) is 15.4 Å². The lowest BCUT2D eigenvalue weighted by Gasteiger charge is -2.15. The fourth-order valence-electron chi connectivity index (χ4n) is 1.92. The maximum atomic E-state index is 12.4. The van der Waals surface area contributed by atoms with Gasteiger partial charge in [-0.25, -0.2) is 0 Å². The minimum atomic E-state index is -0.243. The second-order valence-electron chi connectivity index (χ2n) is 4.77. The van der Waals surface area contributed by atoms with Crippen molar-refractivity contribution in [2.75, 3.05) is 19.5 Å². The van der Waals surface area contributed by atoms with Gasteiger partial charge in [-0.05, 0) is 43.3 Å². The molecule has 6 heteroatoms. The van der Waals surface area contributed by atoms with E-state index in [4.69, 9.17) is 9.47 Å². The predicted molar refractivity (Wildman–Crippen MR) is 97.6 cm³/mol. The van der Waals surface area contributed by atoms with Crippen LogP contribution in [0, 0.1) is 0 Å². The lowest BCUT2D eigenvalue weighted by Crippen LogP contribution is -2.22. The molecule has 0 aliphatic heterocycles. The Morgan fingerprint density at radius 1 is 1.13 bits per heavy atom. The van der Waals surface area contributed by atoms with Crippen molar-refractivity contribution in [3.8, 4) is 11.5 Å². The highest BCUT2D eigenvalue weighted by Gasteiger charge is 2.17. The summed E-state index contributed by atoms with van der Waals surface area (Å²) in [6.45, 7) is 1.87. The lowest BCUT2D eigenvalue weighted by atomic mass is 10.2. The summed E-state index contributed by atoms with van der Waals surface area (Å²) in [5, 5.41) is 2.65. The van der Waals surface area contributed by atoms with Gasteiger partial charge in [0.05, 0.1) is 25.2 Å². The second kappa shape index (κ2) is 8.26. The lowest BCUT2D eigenvalue weighted by molar-refractivity contribution is -0.115. The number of amides is 1. The molecule has 4 nitrogen and oxygen atoms in total. The number of thioether (sulfide) groups is 1. The zero-order chi connectivity index (χ0) is 16.8. The van der Waals surface area contributed by atoms with E-state index in [1.54, 1.807) is 32.4 Å². The Bertz CT molecular complexity index is 676. The number of ether oxygens (including phenoxy) is 2. The first-order chi connectivity index (χ1) is 11.0. The molecule has 0 saturated heterocycles. The van der Waals surface area contributed by atoms with E-state index >= 15 is 0 Å². The third-order valence-electron chi connectivity index (χ3n) is 3.16. The van der Waals surface area contributed by atoms with E-state index in [2.05, 4.69) is 21.2 Å². The zero-order valence-electron chi connectivity index (χ0n) is 13.1. The fourth-order valence-corrected chi connectivity index (χ4v) is 3.05. The molecule has 0 fully saturated rings. The van der Waals surface area contributed by atoms with E-state index in [-0.39, 0.29) is 11.2 Å². The van der Waals surface area contributed by atoms with E-state index in [0.717, 1.165) is 9.37 Å². The normalized spacial score (nSPS) is 11.7. The summed E-state index contributed by atoms with van der Waals surface area (Å²) in [5.74, 6) is 1.17. The highest BCUT2D eigenvalue weighted by atomic mass is 79.9. The van der Waals surface area contributed by atoms with Crippen molar-refractivity contribution >= 4 is 39.3 Å². The van der Waals surface area contributed by atoms with Crippen LogP contribution in [0.1, 0.15) is 6.92 Å². The molecular weight excluding hydrogens is 378 g/mol. The van der Waals surface area contributed by atoms with Crippen LogP contribution < -0.4 is 14.8 Å². The van der Waals surface area contributed by atoms with Crippen LogP contribution in [0.4, 0.5) is 5.69 Å². The Hall–Kier alpha value is -1.66. The number of halogens is 1. The Labute approximate surface area is 148 Å². The predicted octanol–water partition coefficient (Wildman–Crippen LogP) is 4.59. The summed E-state index contributed by atoms with van der Waals surface area (Å²) in [6, 6.07) is 13.2. The van der Waals surface area contributed by atoms with Crippen molar-refractivity contribution in [2.45, 2.75) is 17.1 Å². The third kappa shape index (κ3) is 4.91. The minimum absolute atomic E-state index is 0.0931. The number of hydrogen-bond donors (Lipinski definition) is 1. The van der Waals surface area contributed by atoms with Gasteiger partial charge in [-0.3, -0.25) is 4.79 Å². The van der Waals surface area contributed by atoms with Crippen LogP contribution in [0.5, 0.6) is 11.5 Å². The Balaban J connectivity index is 2.07. The van der Waals surface area contributed by atoms with Crippen LogP contribution in [0.2, 0.25) is 0 Å². The molecule has 2 aromatic carbocycles. The molecule has 0 radical (unpaired) electrons. The quantitative estimate of drug-likeness (QED) is 0.726. The average molecular weight is 396 g/mol. The largest absolute Gasteiger partial charge is 0.497 e. The van der Waals surface area contributed by atoms with Crippen LogP contribution in [0.25, 0.3) is 0 Å². The molecule has 1 N–H and O–H groups in total. The molecule has 2 rings (SSSR count). The van der Waals surface area contributed by atoms with Gasteiger partial charge < -0.3 is 14.8 Å². The first-order valence-electron chi connectivity index (χ1n) is 6.98. The molecule has 1 atom stereocenters. The first-order valence-corrected chi connectivity index (χ1v) is 8.66. The number of hydrogen-bond acceptors (Lipinski definition) is 4. The van der Waals surface area contributed by atoms with Gasteiger partial charge in [-0.2, -0.15) is 0 Å². The van der Waals surface area contributed by atoms with E-state index in [9.17, 15) is 4.79 Å². The van der Waals surface area contributed by atoms with Crippen LogP contribution in [-0.2, 0) is 4.79 Å². The van der Waals surface area contributed by atoms with Crippen molar-refractivity contribution in [1.82, 2.24) is 0 Å². The molecule has 2 aromatic rings. The Kier molecular flexibility index (Phi) is 6.36. The number of carbonyl (C=O) groups is 1. The molecule has 0 spiro atoms. The van der Waals surface area contributed by atoms with Crippen molar-refractivity contribution in [3.63, 3.8) is 0 Å². The second-order valence-corrected chi connectivity index (χ2v) is 7.10. The maximum Gasteiger partial charge on any atom is 0.237 e. The SMILES string of the molecule is COc1ccc(OC)c(NC(=O)C(C)Sc2ccc(Br)cc2)c1. The molecule has 0 heterocycles. The summed E-state index contributed by atoms with van der Waals surface area (Å²) in [7, 11) is 3.15. The van der Waals surface area contributed by atoms with E-state index < -0.39 is 0 Å². The smallest absolute Gasteiger partial charge is 0.237 e. The number of rotatable bonds is 6. The minimum Gasteiger partial charge on any atom is -0.497 e. The van der Waals surface area contributed by atoms with Crippen molar-refractivity contribution in [2.24, 2.45) is 0 Å². The van der Waals surface area contributed by atoms with Crippen LogP contribution in [0.15, 0.2) is 51.8 Å². The van der Waals surface area contributed by atoms with Crippen molar-refractivity contribution in [3.05, 3.63) is 46.9 Å². The van der Waals surface area contributed by atoms with Crippen molar-refractivity contribution < 1.29 is 14.3 Å². The number of methoxy groups -OCH3 is 2. The van der Waals surface area contributed by atoms with E-state index in [1.165, 1.54) is 11.8 Å². The van der Waals surface area contributed by atoms with Crippen LogP contribution >= 0.6 is 27.7 Å². The maximum absolute atomic E-state index is 12.4. The number of benzene rings is 2.